The van der Waals surface area contributed by atoms with E-state index < -0.39 is 16.9 Å². The van der Waals surface area contributed by atoms with E-state index >= 15 is 0 Å². The molecule has 8 nitrogen and oxygen atoms in total. The van der Waals surface area contributed by atoms with Gasteiger partial charge in [0.25, 0.3) is 11.6 Å². The van der Waals surface area contributed by atoms with Crippen molar-refractivity contribution < 1.29 is 19.2 Å². The van der Waals surface area contributed by atoms with Crippen molar-refractivity contribution in [2.45, 2.75) is 25.8 Å². The number of para-hydroxylation sites is 1. The number of nitro groups is 1. The minimum atomic E-state index is -0.550. The van der Waals surface area contributed by atoms with Crippen LogP contribution in [0, 0.1) is 17.0 Å². The maximum Gasteiger partial charge on any atom is 0.409 e. The number of piperidine rings is 1. The van der Waals surface area contributed by atoms with Gasteiger partial charge in [0, 0.05) is 24.7 Å². The third-order valence-corrected chi connectivity index (χ3v) is 3.85. The van der Waals surface area contributed by atoms with Crippen LogP contribution >= 0.6 is 0 Å². The summed E-state index contributed by atoms with van der Waals surface area (Å²) in [4.78, 5) is 36.1. The molecule has 1 atom stereocenters. The van der Waals surface area contributed by atoms with Crippen molar-refractivity contribution in [2.24, 2.45) is 0 Å². The molecule has 2 rings (SSSR count). The molecule has 124 valence electrons. The van der Waals surface area contributed by atoms with Crippen molar-refractivity contribution in [1.82, 2.24) is 10.2 Å². The molecule has 1 aromatic carbocycles. The second-order valence-electron chi connectivity index (χ2n) is 5.46. The molecule has 0 spiro atoms. The fourth-order valence-corrected chi connectivity index (χ4v) is 2.74. The van der Waals surface area contributed by atoms with E-state index in [4.69, 9.17) is 0 Å². The third kappa shape index (κ3) is 3.77. The van der Waals surface area contributed by atoms with Crippen LogP contribution in [0.25, 0.3) is 0 Å². The summed E-state index contributed by atoms with van der Waals surface area (Å²) in [6.45, 7) is 2.50. The Balaban J connectivity index is 2.12. The highest BCUT2D eigenvalue weighted by atomic mass is 16.6. The molecular weight excluding hydrogens is 302 g/mol. The number of ether oxygens (including phenoxy) is 1. The zero-order valence-corrected chi connectivity index (χ0v) is 13.1. The zero-order valence-electron chi connectivity index (χ0n) is 13.1. The lowest BCUT2D eigenvalue weighted by atomic mass is 10.0. The van der Waals surface area contributed by atoms with Crippen LogP contribution in [0.15, 0.2) is 18.2 Å². The Morgan fingerprint density at radius 3 is 2.83 bits per heavy atom. The van der Waals surface area contributed by atoms with Crippen LogP contribution in [0.3, 0.4) is 0 Å². The number of nitrogens with zero attached hydrogens (tertiary/aromatic N) is 2. The smallest absolute Gasteiger partial charge is 0.409 e. The number of hydrogen-bond acceptors (Lipinski definition) is 5. The summed E-state index contributed by atoms with van der Waals surface area (Å²) in [5.74, 6) is -0.503. The van der Waals surface area contributed by atoms with Gasteiger partial charge in [-0.1, -0.05) is 12.1 Å². The molecule has 1 heterocycles. The summed E-state index contributed by atoms with van der Waals surface area (Å²) in [6.07, 6.45) is 1.000. The largest absolute Gasteiger partial charge is 0.453 e. The number of hydrogen-bond donors (Lipinski definition) is 1. The normalized spacial score (nSPS) is 17.5. The lowest BCUT2D eigenvalue weighted by molar-refractivity contribution is -0.385. The first kappa shape index (κ1) is 16.7. The first-order valence-corrected chi connectivity index (χ1v) is 7.31. The second-order valence-corrected chi connectivity index (χ2v) is 5.46. The third-order valence-electron chi connectivity index (χ3n) is 3.85. The predicted octanol–water partition coefficient (Wildman–Crippen LogP) is 1.86. The number of benzene rings is 1. The monoisotopic (exact) mass is 321 g/mol. The standard InChI is InChI=1S/C15H19N3O5/c1-10-5-3-7-12(13(10)18(21)22)14(19)16-11-6-4-8-17(9-11)15(20)23-2/h3,5,7,11H,4,6,8-9H2,1-2H3,(H,16,19)/t11-/m1/s1. The summed E-state index contributed by atoms with van der Waals surface area (Å²) < 4.78 is 4.68. The van der Waals surface area contributed by atoms with Gasteiger partial charge < -0.3 is 15.0 Å². The summed E-state index contributed by atoms with van der Waals surface area (Å²) in [5.41, 5.74) is 0.276. The average Bonchev–Trinajstić information content (AvgIpc) is 2.53. The minimum Gasteiger partial charge on any atom is -0.453 e. The Bertz CT molecular complexity index is 632. The summed E-state index contributed by atoms with van der Waals surface area (Å²) in [7, 11) is 1.31. The van der Waals surface area contributed by atoms with Gasteiger partial charge in [-0.2, -0.15) is 0 Å². The van der Waals surface area contributed by atoms with Crippen molar-refractivity contribution in [3.05, 3.63) is 39.4 Å². The van der Waals surface area contributed by atoms with Gasteiger partial charge >= 0.3 is 6.09 Å². The number of rotatable bonds is 3. The van der Waals surface area contributed by atoms with E-state index in [0.717, 1.165) is 6.42 Å². The quantitative estimate of drug-likeness (QED) is 0.676. The molecule has 0 unspecified atom stereocenters. The van der Waals surface area contributed by atoms with Gasteiger partial charge in [0.1, 0.15) is 5.56 Å². The summed E-state index contributed by atoms with van der Waals surface area (Å²) in [5, 5.41) is 13.9. The number of methoxy groups -OCH3 is 1. The molecule has 23 heavy (non-hydrogen) atoms. The van der Waals surface area contributed by atoms with Crippen LogP contribution in [0.4, 0.5) is 10.5 Å². The molecular formula is C15H19N3O5. The Morgan fingerprint density at radius 1 is 1.43 bits per heavy atom. The molecule has 8 heteroatoms. The zero-order chi connectivity index (χ0) is 17.0. The first-order valence-electron chi connectivity index (χ1n) is 7.31. The second kappa shape index (κ2) is 7.08. The van der Waals surface area contributed by atoms with Crippen molar-refractivity contribution in [3.63, 3.8) is 0 Å². The lowest BCUT2D eigenvalue weighted by Crippen LogP contribution is -2.49. The van der Waals surface area contributed by atoms with Crippen LogP contribution in [-0.2, 0) is 4.74 Å². The number of amides is 2. The van der Waals surface area contributed by atoms with Gasteiger partial charge in [-0.05, 0) is 25.8 Å². The Kier molecular flexibility index (Phi) is 5.15. The summed E-state index contributed by atoms with van der Waals surface area (Å²) >= 11 is 0. The molecule has 1 aromatic rings. The number of aryl methyl sites for hydroxylation is 1. The summed E-state index contributed by atoms with van der Waals surface area (Å²) in [6, 6.07) is 4.38. The van der Waals surface area contributed by atoms with Crippen molar-refractivity contribution >= 4 is 17.7 Å². The Labute approximate surface area is 133 Å². The number of likely N-dealkylation sites (tertiary alicyclic amines) is 1. The fourth-order valence-electron chi connectivity index (χ4n) is 2.74. The van der Waals surface area contributed by atoms with Gasteiger partial charge in [-0.3, -0.25) is 14.9 Å². The highest BCUT2D eigenvalue weighted by Gasteiger charge is 2.28. The van der Waals surface area contributed by atoms with E-state index in [9.17, 15) is 19.7 Å². The molecule has 0 aliphatic carbocycles. The van der Waals surface area contributed by atoms with Crippen molar-refractivity contribution in [3.8, 4) is 0 Å². The van der Waals surface area contributed by atoms with Crippen molar-refractivity contribution in [1.29, 1.82) is 0 Å². The lowest BCUT2D eigenvalue weighted by Gasteiger charge is -2.32. The maximum absolute atomic E-state index is 12.4. The maximum atomic E-state index is 12.4. The van der Waals surface area contributed by atoms with Crippen LogP contribution in [-0.4, -0.2) is 48.1 Å². The topological polar surface area (TPSA) is 102 Å². The Morgan fingerprint density at radius 2 is 2.17 bits per heavy atom. The van der Waals surface area contributed by atoms with E-state index in [1.807, 2.05) is 0 Å². The highest BCUT2D eigenvalue weighted by molar-refractivity contribution is 5.98. The van der Waals surface area contributed by atoms with E-state index in [2.05, 4.69) is 10.1 Å². The van der Waals surface area contributed by atoms with Gasteiger partial charge in [0.15, 0.2) is 0 Å². The van der Waals surface area contributed by atoms with E-state index in [0.29, 0.717) is 25.1 Å². The molecule has 0 bridgehead atoms. The number of nitro benzene ring substituents is 1. The molecule has 1 N–H and O–H groups in total. The fraction of sp³-hybridized carbons (Fsp3) is 0.467. The van der Waals surface area contributed by atoms with E-state index in [1.54, 1.807) is 19.1 Å². The first-order chi connectivity index (χ1) is 10.9. The van der Waals surface area contributed by atoms with Gasteiger partial charge in [-0.25, -0.2) is 4.79 Å². The Hall–Kier alpha value is -2.64. The molecule has 1 aliphatic heterocycles. The SMILES string of the molecule is COC(=O)N1CCC[C@@H](NC(=O)c2cccc(C)c2[N+](=O)[O-])C1. The number of carbonyl (C=O) groups is 2. The number of carbonyl (C=O) groups excluding carboxylic acids is 2. The van der Waals surface area contributed by atoms with Gasteiger partial charge in [0.05, 0.1) is 12.0 Å². The van der Waals surface area contributed by atoms with Crippen LogP contribution in [0.5, 0.6) is 0 Å². The number of nitrogens with one attached hydrogen (secondary N) is 1. The molecule has 1 fully saturated rings. The minimum absolute atomic E-state index is 0.0326. The molecule has 1 aliphatic rings. The molecule has 2 amide bonds. The van der Waals surface area contributed by atoms with Crippen LogP contribution in [0.2, 0.25) is 0 Å². The van der Waals surface area contributed by atoms with Crippen LogP contribution in [0.1, 0.15) is 28.8 Å². The van der Waals surface area contributed by atoms with Gasteiger partial charge in [0.2, 0.25) is 0 Å². The van der Waals surface area contributed by atoms with Gasteiger partial charge in [-0.15, -0.1) is 0 Å². The molecule has 0 radical (unpaired) electrons. The van der Waals surface area contributed by atoms with E-state index in [-0.39, 0.29) is 17.3 Å². The molecule has 1 saturated heterocycles. The average molecular weight is 321 g/mol. The predicted molar refractivity (Wildman–Crippen MR) is 82.3 cm³/mol. The molecule has 0 aromatic heterocycles. The molecule has 0 saturated carbocycles. The van der Waals surface area contributed by atoms with Crippen molar-refractivity contribution in [2.75, 3.05) is 20.2 Å². The van der Waals surface area contributed by atoms with Crippen LogP contribution < -0.4 is 5.32 Å². The highest BCUT2D eigenvalue weighted by Crippen LogP contribution is 2.23. The van der Waals surface area contributed by atoms with E-state index in [1.165, 1.54) is 18.1 Å².